The maximum absolute atomic E-state index is 12.3. The van der Waals surface area contributed by atoms with Gasteiger partial charge >= 0.3 is 0 Å². The maximum Gasteiger partial charge on any atom is 0.230 e. The fourth-order valence-electron chi connectivity index (χ4n) is 2.33. The van der Waals surface area contributed by atoms with Crippen molar-refractivity contribution in [2.75, 3.05) is 23.7 Å². The molecule has 1 fully saturated rings. The van der Waals surface area contributed by atoms with Crippen LogP contribution in [0.3, 0.4) is 0 Å². The molecule has 0 spiro atoms. The highest BCUT2D eigenvalue weighted by Crippen LogP contribution is 2.29. The van der Waals surface area contributed by atoms with Gasteiger partial charge < -0.3 is 16.0 Å². The lowest BCUT2D eigenvalue weighted by atomic mass is 9.80. The number of hydrogen-bond acceptors (Lipinski definition) is 3. The third kappa shape index (κ3) is 3.57. The van der Waals surface area contributed by atoms with Crippen LogP contribution < -0.4 is 16.0 Å². The van der Waals surface area contributed by atoms with Gasteiger partial charge in [0.15, 0.2) is 0 Å². The Kier molecular flexibility index (Phi) is 4.39. The Labute approximate surface area is 119 Å². The Bertz CT molecular complexity index is 490. The molecule has 0 bridgehead atoms. The van der Waals surface area contributed by atoms with Crippen molar-refractivity contribution < 1.29 is 9.59 Å². The molecular formula is C15H21N3O2. The minimum atomic E-state index is -0.304. The molecule has 108 valence electrons. The van der Waals surface area contributed by atoms with Crippen LogP contribution in [0.15, 0.2) is 24.3 Å². The second-order valence-electron chi connectivity index (χ2n) is 5.52. The van der Waals surface area contributed by atoms with E-state index in [0.29, 0.717) is 0 Å². The summed E-state index contributed by atoms with van der Waals surface area (Å²) in [6.07, 6.45) is 1.70. The summed E-state index contributed by atoms with van der Waals surface area (Å²) in [5.74, 6) is -0.0460. The molecule has 0 saturated carbocycles. The van der Waals surface area contributed by atoms with E-state index in [4.69, 9.17) is 0 Å². The molecule has 20 heavy (non-hydrogen) atoms. The molecule has 5 heteroatoms. The van der Waals surface area contributed by atoms with Crippen LogP contribution in [0, 0.1) is 5.41 Å². The van der Waals surface area contributed by atoms with Crippen molar-refractivity contribution in [2.45, 2.75) is 26.7 Å². The van der Waals surface area contributed by atoms with Crippen molar-refractivity contribution in [2.24, 2.45) is 5.41 Å². The second-order valence-corrected chi connectivity index (χ2v) is 5.52. The van der Waals surface area contributed by atoms with Gasteiger partial charge in [-0.15, -0.1) is 0 Å². The maximum atomic E-state index is 12.3. The highest BCUT2D eigenvalue weighted by molar-refractivity contribution is 5.95. The first-order chi connectivity index (χ1) is 9.49. The minimum absolute atomic E-state index is 0.0614. The smallest absolute Gasteiger partial charge is 0.230 e. The third-order valence-electron chi connectivity index (χ3n) is 3.72. The fourth-order valence-corrected chi connectivity index (χ4v) is 2.33. The van der Waals surface area contributed by atoms with Crippen molar-refractivity contribution in [3.05, 3.63) is 24.3 Å². The summed E-state index contributed by atoms with van der Waals surface area (Å²) in [4.78, 5) is 23.3. The van der Waals surface area contributed by atoms with Crippen LogP contribution in [0.25, 0.3) is 0 Å². The first-order valence-corrected chi connectivity index (χ1v) is 6.89. The summed E-state index contributed by atoms with van der Waals surface area (Å²) in [7, 11) is 0. The molecule has 2 rings (SSSR count). The van der Waals surface area contributed by atoms with E-state index in [1.54, 1.807) is 24.3 Å². The lowest BCUT2D eigenvalue weighted by Crippen LogP contribution is -2.42. The molecule has 2 amide bonds. The van der Waals surface area contributed by atoms with E-state index in [2.05, 4.69) is 16.0 Å². The predicted octanol–water partition coefficient (Wildman–Crippen LogP) is 1.97. The molecule has 1 aromatic carbocycles. The van der Waals surface area contributed by atoms with Crippen LogP contribution in [-0.2, 0) is 9.59 Å². The molecule has 1 aromatic rings. The number of rotatable bonds is 3. The van der Waals surface area contributed by atoms with Gasteiger partial charge in [0.25, 0.3) is 0 Å². The number of nitrogens with one attached hydrogen (secondary N) is 3. The molecule has 0 unspecified atom stereocenters. The summed E-state index contributed by atoms with van der Waals surface area (Å²) >= 11 is 0. The van der Waals surface area contributed by atoms with Crippen molar-refractivity contribution in [1.82, 2.24) is 5.32 Å². The third-order valence-corrected chi connectivity index (χ3v) is 3.72. The van der Waals surface area contributed by atoms with E-state index < -0.39 is 0 Å². The molecule has 0 radical (unpaired) electrons. The predicted molar refractivity (Wildman–Crippen MR) is 79.6 cm³/mol. The molecule has 5 nitrogen and oxygen atoms in total. The fraction of sp³-hybridized carbons (Fsp3) is 0.467. The second kappa shape index (κ2) is 6.05. The van der Waals surface area contributed by atoms with E-state index in [9.17, 15) is 9.59 Å². The van der Waals surface area contributed by atoms with E-state index in [1.165, 1.54) is 6.92 Å². The van der Waals surface area contributed by atoms with Crippen LogP contribution in [0.2, 0.25) is 0 Å². The Balaban J connectivity index is 1.98. The van der Waals surface area contributed by atoms with Gasteiger partial charge in [-0.1, -0.05) is 6.92 Å². The molecule has 0 aromatic heterocycles. The number of piperidine rings is 1. The highest BCUT2D eigenvalue weighted by atomic mass is 16.2. The molecule has 1 heterocycles. The largest absolute Gasteiger partial charge is 0.326 e. The quantitative estimate of drug-likeness (QED) is 0.790. The Morgan fingerprint density at radius 1 is 1.05 bits per heavy atom. The highest BCUT2D eigenvalue weighted by Gasteiger charge is 2.34. The lowest BCUT2D eigenvalue weighted by molar-refractivity contribution is -0.126. The van der Waals surface area contributed by atoms with Gasteiger partial charge in [0.05, 0.1) is 0 Å². The zero-order valence-corrected chi connectivity index (χ0v) is 12.0. The van der Waals surface area contributed by atoms with Crippen LogP contribution in [0.4, 0.5) is 11.4 Å². The van der Waals surface area contributed by atoms with Gasteiger partial charge in [-0.25, -0.2) is 0 Å². The van der Waals surface area contributed by atoms with Crippen molar-refractivity contribution in [1.29, 1.82) is 0 Å². The Hall–Kier alpha value is -1.88. The van der Waals surface area contributed by atoms with Gasteiger partial charge in [0.1, 0.15) is 0 Å². The molecule has 1 saturated heterocycles. The van der Waals surface area contributed by atoms with Gasteiger partial charge in [0, 0.05) is 23.7 Å². The average molecular weight is 275 g/mol. The van der Waals surface area contributed by atoms with Crippen molar-refractivity contribution in [3.63, 3.8) is 0 Å². The normalized spacial score (nSPS) is 17.3. The molecule has 0 aliphatic carbocycles. The van der Waals surface area contributed by atoms with Gasteiger partial charge in [-0.3, -0.25) is 9.59 Å². The SMILES string of the molecule is CC(=O)Nc1ccc(NC(=O)C2(C)CCNCC2)cc1. The van der Waals surface area contributed by atoms with Gasteiger partial charge in [0.2, 0.25) is 11.8 Å². The van der Waals surface area contributed by atoms with E-state index >= 15 is 0 Å². The molecule has 1 aliphatic heterocycles. The van der Waals surface area contributed by atoms with Crippen molar-refractivity contribution >= 4 is 23.2 Å². The molecular weight excluding hydrogens is 254 g/mol. The summed E-state index contributed by atoms with van der Waals surface area (Å²) in [5, 5.41) is 8.91. The summed E-state index contributed by atoms with van der Waals surface area (Å²) < 4.78 is 0. The number of carbonyl (C=O) groups is 2. The Morgan fingerprint density at radius 3 is 2.05 bits per heavy atom. The molecule has 1 aliphatic rings. The van der Waals surface area contributed by atoms with E-state index in [0.717, 1.165) is 37.3 Å². The summed E-state index contributed by atoms with van der Waals surface area (Å²) in [5.41, 5.74) is 1.18. The average Bonchev–Trinajstić information content (AvgIpc) is 2.41. The number of hydrogen-bond donors (Lipinski definition) is 3. The van der Waals surface area contributed by atoms with E-state index in [-0.39, 0.29) is 17.2 Å². The number of amides is 2. The monoisotopic (exact) mass is 275 g/mol. The summed E-state index contributed by atoms with van der Waals surface area (Å²) in [6.45, 7) is 5.24. The first kappa shape index (κ1) is 14.5. The Morgan fingerprint density at radius 2 is 1.55 bits per heavy atom. The van der Waals surface area contributed by atoms with Crippen molar-refractivity contribution in [3.8, 4) is 0 Å². The topological polar surface area (TPSA) is 70.2 Å². The van der Waals surface area contributed by atoms with Crippen LogP contribution >= 0.6 is 0 Å². The van der Waals surface area contributed by atoms with Gasteiger partial charge in [-0.05, 0) is 50.2 Å². The zero-order valence-electron chi connectivity index (χ0n) is 12.0. The van der Waals surface area contributed by atoms with E-state index in [1.807, 2.05) is 6.92 Å². The van der Waals surface area contributed by atoms with Crippen LogP contribution in [0.1, 0.15) is 26.7 Å². The van der Waals surface area contributed by atoms with Crippen LogP contribution in [-0.4, -0.2) is 24.9 Å². The minimum Gasteiger partial charge on any atom is -0.326 e. The zero-order chi connectivity index (χ0) is 14.6. The van der Waals surface area contributed by atoms with Gasteiger partial charge in [-0.2, -0.15) is 0 Å². The first-order valence-electron chi connectivity index (χ1n) is 6.89. The summed E-state index contributed by atoms with van der Waals surface area (Å²) in [6, 6.07) is 7.16. The standard InChI is InChI=1S/C15H21N3O2/c1-11(19)17-12-3-5-13(6-4-12)18-14(20)15(2)7-9-16-10-8-15/h3-6,16H,7-10H2,1-2H3,(H,17,19)(H,18,20). The number of anilines is 2. The van der Waals surface area contributed by atoms with Crippen LogP contribution in [0.5, 0.6) is 0 Å². The molecule has 3 N–H and O–H groups in total. The lowest BCUT2D eigenvalue weighted by Gasteiger charge is -2.32. The number of carbonyl (C=O) groups excluding carboxylic acids is 2. The molecule has 0 atom stereocenters. The number of benzene rings is 1.